The maximum atomic E-state index is 14.1. The van der Waals surface area contributed by atoms with Gasteiger partial charge in [-0.3, -0.25) is 13.9 Å². The summed E-state index contributed by atoms with van der Waals surface area (Å²) in [5, 5.41) is 3.46. The largest absolute Gasteiger partial charge is 0.355 e. The van der Waals surface area contributed by atoms with Crippen LogP contribution in [0.4, 0.5) is 5.69 Å². The first-order valence-electron chi connectivity index (χ1n) is 13.1. The van der Waals surface area contributed by atoms with E-state index in [0.717, 1.165) is 21.0 Å². The second kappa shape index (κ2) is 13.5. The maximum Gasteiger partial charge on any atom is 0.264 e. The second-order valence-electron chi connectivity index (χ2n) is 9.63. The van der Waals surface area contributed by atoms with Crippen LogP contribution in [0.15, 0.2) is 65.6 Å². The Hall–Kier alpha value is -3.07. The van der Waals surface area contributed by atoms with E-state index < -0.39 is 28.5 Å². The Morgan fingerprint density at radius 3 is 2.08 bits per heavy atom. The highest BCUT2D eigenvalue weighted by Crippen LogP contribution is 2.29. The van der Waals surface area contributed by atoms with Crippen molar-refractivity contribution < 1.29 is 18.0 Å². The molecule has 0 saturated carbocycles. The molecule has 0 bridgehead atoms. The van der Waals surface area contributed by atoms with Crippen molar-refractivity contribution >= 4 is 50.7 Å². The first kappa shape index (κ1) is 31.5. The lowest BCUT2D eigenvalue weighted by molar-refractivity contribution is -0.140. The fourth-order valence-corrected chi connectivity index (χ4v) is 6.24. The lowest BCUT2D eigenvalue weighted by Gasteiger charge is -2.33. The van der Waals surface area contributed by atoms with Crippen molar-refractivity contribution in [3.63, 3.8) is 0 Å². The van der Waals surface area contributed by atoms with Gasteiger partial charge in [-0.15, -0.1) is 0 Å². The van der Waals surface area contributed by atoms with Crippen LogP contribution >= 0.6 is 23.2 Å². The summed E-state index contributed by atoms with van der Waals surface area (Å²) in [6, 6.07) is 15.8. The van der Waals surface area contributed by atoms with E-state index in [1.165, 1.54) is 17.0 Å². The van der Waals surface area contributed by atoms with Gasteiger partial charge in [-0.25, -0.2) is 8.42 Å². The fraction of sp³-hybridized carbons (Fsp3) is 0.333. The molecule has 7 nitrogen and oxygen atoms in total. The van der Waals surface area contributed by atoms with Crippen LogP contribution in [0.2, 0.25) is 10.0 Å². The Morgan fingerprint density at radius 1 is 0.900 bits per heavy atom. The Balaban J connectivity index is 2.12. The summed E-state index contributed by atoms with van der Waals surface area (Å²) >= 11 is 12.9. The van der Waals surface area contributed by atoms with Gasteiger partial charge in [0, 0.05) is 28.7 Å². The first-order chi connectivity index (χ1) is 18.9. The molecule has 3 aromatic rings. The van der Waals surface area contributed by atoms with E-state index in [2.05, 4.69) is 5.32 Å². The topological polar surface area (TPSA) is 86.8 Å². The number of rotatable bonds is 11. The number of sulfonamides is 1. The monoisotopic (exact) mass is 603 g/mol. The van der Waals surface area contributed by atoms with Gasteiger partial charge in [0.05, 0.1) is 10.6 Å². The number of carbonyl (C=O) groups excluding carboxylic acids is 2. The number of aryl methyl sites for hydroxylation is 3. The Labute approximate surface area is 247 Å². The summed E-state index contributed by atoms with van der Waals surface area (Å²) in [5.41, 5.74) is 3.59. The van der Waals surface area contributed by atoms with Crippen LogP contribution in [0, 0.1) is 20.8 Å². The maximum absolute atomic E-state index is 14.1. The quantitative estimate of drug-likeness (QED) is 0.289. The zero-order chi connectivity index (χ0) is 29.6. The van der Waals surface area contributed by atoms with Gasteiger partial charge in [0.2, 0.25) is 11.8 Å². The summed E-state index contributed by atoms with van der Waals surface area (Å²) in [6.07, 6.45) is 0.300. The first-order valence-corrected chi connectivity index (χ1v) is 15.3. The van der Waals surface area contributed by atoms with Crippen LogP contribution in [0.1, 0.15) is 42.5 Å². The molecule has 40 heavy (non-hydrogen) atoms. The van der Waals surface area contributed by atoms with E-state index in [1.54, 1.807) is 56.3 Å². The van der Waals surface area contributed by atoms with Crippen molar-refractivity contribution in [2.45, 2.75) is 58.5 Å². The number of anilines is 1. The highest BCUT2D eigenvalue weighted by atomic mass is 35.5. The van der Waals surface area contributed by atoms with E-state index in [0.29, 0.717) is 34.3 Å². The number of nitrogens with one attached hydrogen (secondary N) is 1. The molecule has 10 heteroatoms. The van der Waals surface area contributed by atoms with Gasteiger partial charge in [-0.1, -0.05) is 60.0 Å². The van der Waals surface area contributed by atoms with Crippen LogP contribution in [0.5, 0.6) is 0 Å². The van der Waals surface area contributed by atoms with Crippen LogP contribution in [0.3, 0.4) is 0 Å². The van der Waals surface area contributed by atoms with Crippen molar-refractivity contribution in [3.05, 3.63) is 93.0 Å². The zero-order valence-corrected chi connectivity index (χ0v) is 25.7. The number of amides is 2. The number of likely N-dealkylation sites (N-methyl/N-ethyl adjacent to an activating group) is 1. The van der Waals surface area contributed by atoms with Gasteiger partial charge in [0.15, 0.2) is 0 Å². The van der Waals surface area contributed by atoms with Crippen LogP contribution in [-0.4, -0.2) is 44.3 Å². The molecule has 0 saturated heterocycles. The van der Waals surface area contributed by atoms with Gasteiger partial charge in [0.1, 0.15) is 12.6 Å². The van der Waals surface area contributed by atoms with Crippen molar-refractivity contribution in [2.75, 3.05) is 17.4 Å². The molecule has 0 fully saturated rings. The molecule has 0 unspecified atom stereocenters. The van der Waals surface area contributed by atoms with Gasteiger partial charge < -0.3 is 10.2 Å². The third kappa shape index (κ3) is 7.16. The van der Waals surface area contributed by atoms with E-state index >= 15 is 0 Å². The molecule has 0 spiro atoms. The van der Waals surface area contributed by atoms with E-state index in [9.17, 15) is 18.0 Å². The molecular formula is C30H35Cl2N3O4S. The van der Waals surface area contributed by atoms with Gasteiger partial charge >= 0.3 is 0 Å². The molecular weight excluding hydrogens is 569 g/mol. The van der Waals surface area contributed by atoms with Crippen LogP contribution in [0.25, 0.3) is 0 Å². The zero-order valence-electron chi connectivity index (χ0n) is 23.4. The average molecular weight is 605 g/mol. The van der Waals surface area contributed by atoms with Crippen LogP contribution < -0.4 is 9.62 Å². The number of benzene rings is 3. The minimum absolute atomic E-state index is 0.0561. The molecule has 0 aliphatic carbocycles. The Bertz CT molecular complexity index is 1460. The average Bonchev–Trinajstić information content (AvgIpc) is 2.90. The van der Waals surface area contributed by atoms with Crippen molar-refractivity contribution in [3.8, 4) is 0 Å². The van der Waals surface area contributed by atoms with E-state index in [1.807, 2.05) is 26.8 Å². The standard InChI is InChI=1S/C30H35Cl2N3O4S/c1-6-28(30(37)33-7-2)34(18-25-26(31)9-8-10-27(25)32)29(36)19-35(23-14-13-21(4)22(5)17-23)40(38,39)24-15-11-20(3)12-16-24/h8-17,28H,6-7,18-19H2,1-5H3,(H,33,37)/t28-/m0/s1. The molecule has 1 N–H and O–H groups in total. The molecule has 2 amide bonds. The molecule has 3 rings (SSSR count). The van der Waals surface area contributed by atoms with Crippen molar-refractivity contribution in [2.24, 2.45) is 0 Å². The summed E-state index contributed by atoms with van der Waals surface area (Å²) in [4.78, 5) is 28.6. The molecule has 0 heterocycles. The second-order valence-corrected chi connectivity index (χ2v) is 12.3. The van der Waals surface area contributed by atoms with Gasteiger partial charge in [-0.05, 0) is 81.6 Å². The lowest BCUT2D eigenvalue weighted by Crippen LogP contribution is -2.52. The number of carbonyl (C=O) groups is 2. The lowest BCUT2D eigenvalue weighted by atomic mass is 10.1. The Kier molecular flexibility index (Phi) is 10.6. The number of halogens is 2. The summed E-state index contributed by atoms with van der Waals surface area (Å²) < 4.78 is 29.0. The molecule has 1 atom stereocenters. The summed E-state index contributed by atoms with van der Waals surface area (Å²) in [5.74, 6) is -0.913. The predicted molar refractivity (Wildman–Crippen MR) is 161 cm³/mol. The van der Waals surface area contributed by atoms with E-state index in [4.69, 9.17) is 23.2 Å². The smallest absolute Gasteiger partial charge is 0.264 e. The van der Waals surface area contributed by atoms with Gasteiger partial charge in [0.25, 0.3) is 10.0 Å². The third-order valence-corrected chi connectivity index (χ3v) is 9.29. The van der Waals surface area contributed by atoms with Crippen LogP contribution in [-0.2, 0) is 26.2 Å². The number of nitrogens with zero attached hydrogens (tertiary/aromatic N) is 2. The predicted octanol–water partition coefficient (Wildman–Crippen LogP) is 6.06. The molecule has 0 aliphatic heterocycles. The highest BCUT2D eigenvalue weighted by molar-refractivity contribution is 7.92. The summed E-state index contributed by atoms with van der Waals surface area (Å²) in [6.45, 7) is 9.03. The molecule has 214 valence electrons. The molecule has 3 aromatic carbocycles. The fourth-order valence-electron chi connectivity index (χ4n) is 4.31. The SMILES string of the molecule is CCNC(=O)[C@H](CC)N(Cc1c(Cl)cccc1Cl)C(=O)CN(c1ccc(C)c(C)c1)S(=O)(=O)c1ccc(C)cc1. The number of hydrogen-bond acceptors (Lipinski definition) is 4. The minimum Gasteiger partial charge on any atom is -0.355 e. The van der Waals surface area contributed by atoms with E-state index in [-0.39, 0.29) is 17.3 Å². The molecule has 0 aromatic heterocycles. The molecule has 0 radical (unpaired) electrons. The molecule has 0 aliphatic rings. The summed E-state index contributed by atoms with van der Waals surface area (Å²) in [7, 11) is -4.15. The number of hydrogen-bond donors (Lipinski definition) is 1. The highest BCUT2D eigenvalue weighted by Gasteiger charge is 2.34. The van der Waals surface area contributed by atoms with Crippen molar-refractivity contribution in [1.82, 2.24) is 10.2 Å². The Morgan fingerprint density at radius 2 is 1.52 bits per heavy atom. The third-order valence-electron chi connectivity index (χ3n) is 6.79. The minimum atomic E-state index is -4.15. The van der Waals surface area contributed by atoms with Gasteiger partial charge in [-0.2, -0.15) is 0 Å². The van der Waals surface area contributed by atoms with Crippen molar-refractivity contribution in [1.29, 1.82) is 0 Å². The normalized spacial score (nSPS) is 12.1.